The van der Waals surface area contributed by atoms with Crippen molar-refractivity contribution in [3.8, 4) is 0 Å². The minimum atomic E-state index is -3.54. The fraction of sp³-hybridized carbons (Fsp3) is 0.417. The SMILES string of the molecule is CCCCn1c(CCC(=O)Nc2cccc(C)c2C)nc2cc(S(=O)(=O)N(C)C)ccc21. The number of hydrogen-bond donors (Lipinski definition) is 1. The van der Waals surface area contributed by atoms with Gasteiger partial charge in [-0.05, 0) is 55.7 Å². The summed E-state index contributed by atoms with van der Waals surface area (Å²) in [5.74, 6) is 0.729. The fourth-order valence-electron chi connectivity index (χ4n) is 3.61. The lowest BCUT2D eigenvalue weighted by Gasteiger charge is -2.12. The van der Waals surface area contributed by atoms with Crippen molar-refractivity contribution in [2.24, 2.45) is 0 Å². The minimum absolute atomic E-state index is 0.0660. The average molecular weight is 457 g/mol. The van der Waals surface area contributed by atoms with Gasteiger partial charge in [-0.3, -0.25) is 4.79 Å². The van der Waals surface area contributed by atoms with Crippen molar-refractivity contribution < 1.29 is 13.2 Å². The molecule has 3 rings (SSSR count). The van der Waals surface area contributed by atoms with Gasteiger partial charge in [-0.25, -0.2) is 17.7 Å². The average Bonchev–Trinajstić information content (AvgIpc) is 3.10. The fourth-order valence-corrected chi connectivity index (χ4v) is 4.53. The lowest BCUT2D eigenvalue weighted by atomic mass is 10.1. The van der Waals surface area contributed by atoms with Crippen LogP contribution in [0.15, 0.2) is 41.3 Å². The summed E-state index contributed by atoms with van der Waals surface area (Å²) in [5.41, 5.74) is 4.54. The summed E-state index contributed by atoms with van der Waals surface area (Å²) >= 11 is 0. The van der Waals surface area contributed by atoms with Gasteiger partial charge in [-0.1, -0.05) is 25.5 Å². The summed E-state index contributed by atoms with van der Waals surface area (Å²) in [6, 6.07) is 10.9. The zero-order chi connectivity index (χ0) is 23.5. The van der Waals surface area contributed by atoms with E-state index in [-0.39, 0.29) is 10.8 Å². The lowest BCUT2D eigenvalue weighted by Crippen LogP contribution is -2.22. The Labute approximate surface area is 190 Å². The number of nitrogens with one attached hydrogen (secondary N) is 1. The summed E-state index contributed by atoms with van der Waals surface area (Å²) in [7, 11) is -0.510. The van der Waals surface area contributed by atoms with Crippen LogP contribution in [0.1, 0.15) is 43.1 Å². The van der Waals surface area contributed by atoms with Crippen LogP contribution in [-0.2, 0) is 27.8 Å². The maximum Gasteiger partial charge on any atom is 0.242 e. The van der Waals surface area contributed by atoms with E-state index in [1.54, 1.807) is 12.1 Å². The molecule has 0 spiro atoms. The van der Waals surface area contributed by atoms with E-state index in [1.807, 2.05) is 38.1 Å². The van der Waals surface area contributed by atoms with E-state index in [1.165, 1.54) is 18.4 Å². The molecular formula is C24H32N4O3S. The standard InChI is InChI=1S/C24H32N4O3S/c1-6-7-15-28-22-12-11-19(32(30,31)27(4)5)16-21(22)25-23(28)13-14-24(29)26-20-10-8-9-17(2)18(20)3/h8-12,16H,6-7,13-15H2,1-5H3,(H,26,29). The highest BCUT2D eigenvalue weighted by molar-refractivity contribution is 7.89. The molecule has 0 atom stereocenters. The number of amides is 1. The highest BCUT2D eigenvalue weighted by atomic mass is 32.2. The van der Waals surface area contributed by atoms with Crippen LogP contribution in [0, 0.1) is 13.8 Å². The number of nitrogens with zero attached hydrogens (tertiary/aromatic N) is 3. The van der Waals surface area contributed by atoms with Crippen LogP contribution in [0.3, 0.4) is 0 Å². The Morgan fingerprint density at radius 2 is 1.91 bits per heavy atom. The Morgan fingerprint density at radius 1 is 1.16 bits per heavy atom. The second-order valence-corrected chi connectivity index (χ2v) is 10.4. The number of fused-ring (bicyclic) bond motifs is 1. The third-order valence-electron chi connectivity index (χ3n) is 5.77. The highest BCUT2D eigenvalue weighted by Crippen LogP contribution is 2.24. The van der Waals surface area contributed by atoms with Crippen molar-refractivity contribution in [3.05, 3.63) is 53.3 Å². The third kappa shape index (κ3) is 5.02. The van der Waals surface area contributed by atoms with Crippen LogP contribution in [-0.4, -0.2) is 42.3 Å². The van der Waals surface area contributed by atoms with E-state index in [4.69, 9.17) is 4.98 Å². The lowest BCUT2D eigenvalue weighted by molar-refractivity contribution is -0.116. The molecule has 1 aromatic heterocycles. The predicted molar refractivity (Wildman–Crippen MR) is 128 cm³/mol. The van der Waals surface area contributed by atoms with Gasteiger partial charge in [-0.2, -0.15) is 0 Å². The third-order valence-corrected chi connectivity index (χ3v) is 7.58. The molecule has 1 N–H and O–H groups in total. The number of carbonyl (C=O) groups excluding carboxylic acids is 1. The van der Waals surface area contributed by atoms with Gasteiger partial charge >= 0.3 is 0 Å². The number of carbonyl (C=O) groups is 1. The maximum atomic E-state index is 12.6. The Balaban J connectivity index is 1.85. The number of aryl methyl sites for hydroxylation is 3. The number of unbranched alkanes of at least 4 members (excludes halogenated alkanes) is 1. The molecule has 172 valence electrons. The zero-order valence-corrected chi connectivity index (χ0v) is 20.3. The van der Waals surface area contributed by atoms with E-state index in [9.17, 15) is 13.2 Å². The first-order valence-corrected chi connectivity index (χ1v) is 12.4. The predicted octanol–water partition coefficient (Wildman–Crippen LogP) is 4.27. The summed E-state index contributed by atoms with van der Waals surface area (Å²) in [5, 5.41) is 3.00. The molecule has 7 nitrogen and oxygen atoms in total. The van der Waals surface area contributed by atoms with Crippen molar-refractivity contribution >= 4 is 32.7 Å². The molecule has 0 saturated carbocycles. The van der Waals surface area contributed by atoms with Gasteiger partial charge in [0.25, 0.3) is 0 Å². The Morgan fingerprint density at radius 3 is 2.59 bits per heavy atom. The molecular weight excluding hydrogens is 424 g/mol. The molecule has 0 aliphatic heterocycles. The van der Waals surface area contributed by atoms with Crippen LogP contribution in [0.5, 0.6) is 0 Å². The smallest absolute Gasteiger partial charge is 0.242 e. The van der Waals surface area contributed by atoms with Gasteiger partial charge in [0, 0.05) is 39.2 Å². The maximum absolute atomic E-state index is 12.6. The van der Waals surface area contributed by atoms with Crippen molar-refractivity contribution in [3.63, 3.8) is 0 Å². The molecule has 0 saturated heterocycles. The number of sulfonamides is 1. The summed E-state index contributed by atoms with van der Waals surface area (Å²) in [6.07, 6.45) is 2.78. The van der Waals surface area contributed by atoms with E-state index in [0.717, 1.165) is 47.5 Å². The van der Waals surface area contributed by atoms with Crippen molar-refractivity contribution in [1.82, 2.24) is 13.9 Å². The summed E-state index contributed by atoms with van der Waals surface area (Å²) in [6.45, 7) is 6.92. The summed E-state index contributed by atoms with van der Waals surface area (Å²) in [4.78, 5) is 17.5. The van der Waals surface area contributed by atoms with Gasteiger partial charge in [0.15, 0.2) is 0 Å². The topological polar surface area (TPSA) is 84.3 Å². The second kappa shape index (κ2) is 9.83. The number of benzene rings is 2. The van der Waals surface area contributed by atoms with Crippen LogP contribution in [0.2, 0.25) is 0 Å². The number of anilines is 1. The number of imidazole rings is 1. The first-order chi connectivity index (χ1) is 15.1. The van der Waals surface area contributed by atoms with E-state index >= 15 is 0 Å². The first-order valence-electron chi connectivity index (χ1n) is 10.9. The largest absolute Gasteiger partial charge is 0.328 e. The molecule has 0 bridgehead atoms. The molecule has 32 heavy (non-hydrogen) atoms. The van der Waals surface area contributed by atoms with E-state index in [0.29, 0.717) is 18.4 Å². The molecule has 3 aromatic rings. The van der Waals surface area contributed by atoms with Crippen LogP contribution in [0.4, 0.5) is 5.69 Å². The molecule has 0 unspecified atom stereocenters. The van der Waals surface area contributed by atoms with Gasteiger partial charge in [0.05, 0.1) is 15.9 Å². The number of hydrogen-bond acceptors (Lipinski definition) is 4. The van der Waals surface area contributed by atoms with Gasteiger partial charge in [0.2, 0.25) is 15.9 Å². The van der Waals surface area contributed by atoms with Gasteiger partial charge < -0.3 is 9.88 Å². The van der Waals surface area contributed by atoms with Gasteiger partial charge in [-0.15, -0.1) is 0 Å². The molecule has 2 aromatic carbocycles. The van der Waals surface area contributed by atoms with E-state index < -0.39 is 10.0 Å². The quantitative estimate of drug-likeness (QED) is 0.521. The molecule has 1 amide bonds. The molecule has 1 heterocycles. The zero-order valence-electron chi connectivity index (χ0n) is 19.5. The van der Waals surface area contributed by atoms with Gasteiger partial charge in [0.1, 0.15) is 5.82 Å². The van der Waals surface area contributed by atoms with E-state index in [2.05, 4.69) is 16.8 Å². The summed E-state index contributed by atoms with van der Waals surface area (Å²) < 4.78 is 28.3. The Bertz CT molecular complexity index is 1230. The minimum Gasteiger partial charge on any atom is -0.328 e. The monoisotopic (exact) mass is 456 g/mol. The van der Waals surface area contributed by atoms with Crippen molar-refractivity contribution in [1.29, 1.82) is 0 Å². The molecule has 0 aliphatic rings. The van der Waals surface area contributed by atoms with Crippen LogP contribution in [0.25, 0.3) is 11.0 Å². The number of aromatic nitrogens is 2. The molecule has 0 radical (unpaired) electrons. The Hall–Kier alpha value is -2.71. The number of rotatable bonds is 9. The highest BCUT2D eigenvalue weighted by Gasteiger charge is 2.20. The normalized spacial score (nSPS) is 11.9. The Kier molecular flexibility index (Phi) is 7.36. The van der Waals surface area contributed by atoms with Crippen molar-refractivity contribution in [2.75, 3.05) is 19.4 Å². The van der Waals surface area contributed by atoms with Crippen LogP contribution < -0.4 is 5.32 Å². The van der Waals surface area contributed by atoms with Crippen LogP contribution >= 0.6 is 0 Å². The van der Waals surface area contributed by atoms with Crippen molar-refractivity contribution in [2.45, 2.75) is 57.9 Å². The second-order valence-electron chi connectivity index (χ2n) is 8.27. The molecule has 8 heteroatoms. The first kappa shape index (κ1) is 23.9. The molecule has 0 fully saturated rings. The molecule has 0 aliphatic carbocycles.